The molecule has 0 saturated heterocycles. The van der Waals surface area contributed by atoms with Crippen molar-refractivity contribution in [1.29, 1.82) is 0 Å². The molecule has 1 aromatic heterocycles. The molecule has 0 amide bonds. The van der Waals surface area contributed by atoms with Crippen LogP contribution in [0.3, 0.4) is 0 Å². The summed E-state index contributed by atoms with van der Waals surface area (Å²) in [6.45, 7) is 0. The SMILES string of the molecule is Cn1cc(C(F)(F)F)nc1[CH]C(F)(F)F. The molecule has 0 aromatic carbocycles. The summed E-state index contributed by atoms with van der Waals surface area (Å²) < 4.78 is 72.3. The first kappa shape index (κ1) is 11.9. The van der Waals surface area contributed by atoms with Gasteiger partial charge < -0.3 is 4.57 Å². The maximum atomic E-state index is 12.0. The maximum absolute atomic E-state index is 12.0. The molecule has 1 radical (unpaired) electrons. The van der Waals surface area contributed by atoms with Gasteiger partial charge in [-0.05, 0) is 0 Å². The number of aryl methyl sites for hydroxylation is 1. The van der Waals surface area contributed by atoms with Crippen molar-refractivity contribution in [3.63, 3.8) is 0 Å². The molecule has 0 aliphatic carbocycles. The Labute approximate surface area is 80.5 Å². The van der Waals surface area contributed by atoms with Crippen molar-refractivity contribution in [2.45, 2.75) is 12.4 Å². The predicted octanol–water partition coefficient (Wildman–Crippen LogP) is 2.55. The molecule has 2 nitrogen and oxygen atoms in total. The van der Waals surface area contributed by atoms with Crippen molar-refractivity contribution in [2.24, 2.45) is 7.05 Å². The van der Waals surface area contributed by atoms with Crippen LogP contribution < -0.4 is 0 Å². The predicted molar refractivity (Wildman–Crippen MR) is 37.7 cm³/mol. The molecular weight excluding hydrogens is 226 g/mol. The Hall–Kier alpha value is -1.21. The molecule has 0 aliphatic heterocycles. The van der Waals surface area contributed by atoms with Crippen LogP contribution in [0.1, 0.15) is 11.5 Å². The van der Waals surface area contributed by atoms with Crippen molar-refractivity contribution >= 4 is 0 Å². The molecule has 15 heavy (non-hydrogen) atoms. The van der Waals surface area contributed by atoms with E-state index in [4.69, 9.17) is 0 Å². The fourth-order valence-electron chi connectivity index (χ4n) is 0.898. The highest BCUT2D eigenvalue weighted by Crippen LogP contribution is 2.30. The topological polar surface area (TPSA) is 17.8 Å². The maximum Gasteiger partial charge on any atom is 0.434 e. The quantitative estimate of drug-likeness (QED) is 0.679. The Morgan fingerprint density at radius 2 is 1.73 bits per heavy atom. The Bertz CT molecular complexity index is 347. The first-order valence-electron chi connectivity index (χ1n) is 3.63. The van der Waals surface area contributed by atoms with E-state index in [1.807, 2.05) is 0 Å². The molecule has 8 heteroatoms. The van der Waals surface area contributed by atoms with Crippen molar-refractivity contribution in [1.82, 2.24) is 9.55 Å². The van der Waals surface area contributed by atoms with Gasteiger partial charge in [0.15, 0.2) is 5.69 Å². The second-order valence-electron chi connectivity index (χ2n) is 2.78. The van der Waals surface area contributed by atoms with Crippen molar-refractivity contribution in [3.8, 4) is 0 Å². The van der Waals surface area contributed by atoms with E-state index in [0.29, 0.717) is 10.8 Å². The zero-order valence-electron chi connectivity index (χ0n) is 7.32. The van der Waals surface area contributed by atoms with E-state index in [-0.39, 0.29) is 6.42 Å². The van der Waals surface area contributed by atoms with E-state index >= 15 is 0 Å². The second-order valence-corrected chi connectivity index (χ2v) is 2.78. The van der Waals surface area contributed by atoms with Crippen LogP contribution in [0.15, 0.2) is 6.20 Å². The Morgan fingerprint density at radius 3 is 2.07 bits per heavy atom. The average Bonchev–Trinajstić information content (AvgIpc) is 2.27. The monoisotopic (exact) mass is 231 g/mol. The molecule has 0 atom stereocenters. The van der Waals surface area contributed by atoms with Crippen molar-refractivity contribution < 1.29 is 26.3 Å². The second kappa shape index (κ2) is 3.42. The highest BCUT2D eigenvalue weighted by molar-refractivity contribution is 5.14. The van der Waals surface area contributed by atoms with Gasteiger partial charge in [0, 0.05) is 13.2 Å². The van der Waals surface area contributed by atoms with Crippen LogP contribution in [0.4, 0.5) is 26.3 Å². The van der Waals surface area contributed by atoms with Crippen LogP contribution in [0.2, 0.25) is 0 Å². The van der Waals surface area contributed by atoms with Crippen LogP contribution in [-0.2, 0) is 13.2 Å². The van der Waals surface area contributed by atoms with E-state index in [9.17, 15) is 26.3 Å². The summed E-state index contributed by atoms with van der Waals surface area (Å²) in [5, 5.41) is 0. The van der Waals surface area contributed by atoms with Crippen LogP contribution in [-0.4, -0.2) is 15.7 Å². The lowest BCUT2D eigenvalue weighted by Gasteiger charge is -2.04. The molecule has 0 aliphatic rings. The molecule has 85 valence electrons. The molecule has 0 saturated carbocycles. The first-order chi connectivity index (χ1) is 6.59. The van der Waals surface area contributed by atoms with Gasteiger partial charge in [-0.15, -0.1) is 0 Å². The molecule has 0 spiro atoms. The summed E-state index contributed by atoms with van der Waals surface area (Å²) in [6, 6.07) is 0. The number of imidazole rings is 1. The van der Waals surface area contributed by atoms with E-state index < -0.39 is 23.9 Å². The molecule has 1 aromatic rings. The van der Waals surface area contributed by atoms with Crippen LogP contribution in [0.5, 0.6) is 0 Å². The van der Waals surface area contributed by atoms with Gasteiger partial charge in [-0.25, -0.2) is 4.98 Å². The van der Waals surface area contributed by atoms with Gasteiger partial charge >= 0.3 is 12.4 Å². The third-order valence-corrected chi connectivity index (χ3v) is 1.50. The van der Waals surface area contributed by atoms with E-state index in [1.165, 1.54) is 0 Å². The highest BCUT2D eigenvalue weighted by Gasteiger charge is 2.37. The zero-order valence-corrected chi connectivity index (χ0v) is 7.32. The summed E-state index contributed by atoms with van der Waals surface area (Å²) in [4.78, 5) is 2.83. The highest BCUT2D eigenvalue weighted by atomic mass is 19.4. The zero-order chi connectivity index (χ0) is 11.9. The lowest BCUT2D eigenvalue weighted by atomic mass is 10.4. The number of alkyl halides is 6. The van der Waals surface area contributed by atoms with Crippen LogP contribution in [0.25, 0.3) is 0 Å². The Kier molecular flexibility index (Phi) is 2.71. The molecule has 0 unspecified atom stereocenters. The van der Waals surface area contributed by atoms with Gasteiger partial charge in [-0.2, -0.15) is 26.3 Å². The third kappa shape index (κ3) is 3.14. The minimum absolute atomic E-state index is 0.289. The molecular formula is C7H5F6N2. The summed E-state index contributed by atoms with van der Waals surface area (Å²) in [7, 11) is 1.06. The fraction of sp³-hybridized carbons (Fsp3) is 0.429. The normalized spacial score (nSPS) is 13.3. The number of aromatic nitrogens is 2. The molecule has 0 fully saturated rings. The van der Waals surface area contributed by atoms with E-state index in [2.05, 4.69) is 4.98 Å². The standard InChI is InChI=1S/C7H5F6N2/c1-15-3-4(7(11,12)13)14-5(15)2-6(8,9)10/h2-3H,1H3. The minimum atomic E-state index is -4.74. The van der Waals surface area contributed by atoms with Crippen molar-refractivity contribution in [2.75, 3.05) is 0 Å². The first-order valence-corrected chi connectivity index (χ1v) is 3.63. The van der Waals surface area contributed by atoms with E-state index in [0.717, 1.165) is 7.05 Å². The van der Waals surface area contributed by atoms with Gasteiger partial charge in [-0.3, -0.25) is 0 Å². The lowest BCUT2D eigenvalue weighted by molar-refractivity contribution is -0.141. The van der Waals surface area contributed by atoms with E-state index in [1.54, 1.807) is 0 Å². The van der Waals surface area contributed by atoms with Crippen molar-refractivity contribution in [3.05, 3.63) is 24.1 Å². The van der Waals surface area contributed by atoms with Gasteiger partial charge in [0.25, 0.3) is 0 Å². The molecule has 0 N–H and O–H groups in total. The van der Waals surface area contributed by atoms with Gasteiger partial charge in [-0.1, -0.05) is 0 Å². The number of hydrogen-bond donors (Lipinski definition) is 0. The molecule has 0 bridgehead atoms. The third-order valence-electron chi connectivity index (χ3n) is 1.50. The average molecular weight is 231 g/mol. The summed E-state index contributed by atoms with van der Waals surface area (Å²) >= 11 is 0. The number of nitrogens with zero attached hydrogens (tertiary/aromatic N) is 2. The summed E-state index contributed by atoms with van der Waals surface area (Å²) in [5.41, 5.74) is -1.35. The van der Waals surface area contributed by atoms with Crippen LogP contribution >= 0.6 is 0 Å². The number of halogens is 6. The largest absolute Gasteiger partial charge is 0.434 e. The van der Waals surface area contributed by atoms with Gasteiger partial charge in [0.2, 0.25) is 0 Å². The Balaban J connectivity index is 2.97. The number of hydrogen-bond acceptors (Lipinski definition) is 1. The van der Waals surface area contributed by atoms with Gasteiger partial charge in [0.05, 0.1) is 0 Å². The fourth-order valence-corrected chi connectivity index (χ4v) is 0.898. The molecule has 1 heterocycles. The molecule has 1 rings (SSSR count). The Morgan fingerprint density at radius 1 is 1.20 bits per heavy atom. The smallest absolute Gasteiger partial charge is 0.337 e. The number of rotatable bonds is 1. The van der Waals surface area contributed by atoms with Gasteiger partial charge in [0.1, 0.15) is 12.2 Å². The summed E-state index contributed by atoms with van der Waals surface area (Å²) in [6.07, 6.45) is -9.22. The summed E-state index contributed by atoms with van der Waals surface area (Å²) in [5.74, 6) is -0.783. The van der Waals surface area contributed by atoms with Crippen LogP contribution in [0, 0.1) is 6.42 Å². The minimum Gasteiger partial charge on any atom is -0.337 e. The lowest BCUT2D eigenvalue weighted by Crippen LogP contribution is -2.12.